The van der Waals surface area contributed by atoms with Crippen molar-refractivity contribution in [3.05, 3.63) is 60.0 Å². The molecule has 10 nitrogen and oxygen atoms in total. The monoisotopic (exact) mass is 470 g/mol. The van der Waals surface area contributed by atoms with Gasteiger partial charge in [-0.05, 0) is 25.5 Å². The summed E-state index contributed by atoms with van der Waals surface area (Å²) in [5, 5.41) is 8.11. The van der Waals surface area contributed by atoms with Crippen LogP contribution in [0, 0.1) is 6.92 Å². The van der Waals surface area contributed by atoms with Crippen molar-refractivity contribution in [2.75, 3.05) is 25.6 Å². The van der Waals surface area contributed by atoms with Gasteiger partial charge in [-0.1, -0.05) is 30.3 Å². The topological polar surface area (TPSA) is 113 Å². The first-order chi connectivity index (χ1) is 15.9. The van der Waals surface area contributed by atoms with Crippen LogP contribution in [-0.4, -0.2) is 52.5 Å². The number of fused-ring (bicyclic) bond motifs is 1. The van der Waals surface area contributed by atoms with Gasteiger partial charge in [0, 0.05) is 19.5 Å². The average Bonchev–Trinajstić information content (AvgIpc) is 3.37. The Morgan fingerprint density at radius 1 is 1.12 bits per heavy atom. The van der Waals surface area contributed by atoms with Crippen LogP contribution in [0.1, 0.15) is 18.2 Å². The van der Waals surface area contributed by atoms with Crippen LogP contribution < -0.4 is 10.1 Å². The fourth-order valence-corrected chi connectivity index (χ4v) is 4.81. The van der Waals surface area contributed by atoms with Gasteiger partial charge in [0.05, 0.1) is 42.3 Å². The standard InChI is InChI=1S/C22H26N6O4S/c1-4-32-21-18-10-11-28(33(29,30)15-17-8-6-5-7-9-17)20(18)24-22(25-21)23-19-14-27(12-13-31-3)26-16(19)2/h5-11,14H,4,12-13,15H2,1-3H3,(H,23,24,25). The molecule has 1 aromatic carbocycles. The number of anilines is 2. The summed E-state index contributed by atoms with van der Waals surface area (Å²) in [6.07, 6.45) is 3.31. The predicted octanol–water partition coefficient (Wildman–Crippen LogP) is 3.10. The summed E-state index contributed by atoms with van der Waals surface area (Å²) in [7, 11) is -2.09. The van der Waals surface area contributed by atoms with Crippen LogP contribution in [-0.2, 0) is 27.1 Å². The van der Waals surface area contributed by atoms with Crippen molar-refractivity contribution in [3.63, 3.8) is 0 Å². The summed E-state index contributed by atoms with van der Waals surface area (Å²) in [4.78, 5) is 8.98. The van der Waals surface area contributed by atoms with E-state index in [0.717, 1.165) is 5.69 Å². The maximum absolute atomic E-state index is 13.2. The van der Waals surface area contributed by atoms with Crippen LogP contribution in [0.5, 0.6) is 5.88 Å². The quantitative estimate of drug-likeness (QED) is 0.376. The number of hydrogen-bond acceptors (Lipinski definition) is 8. The third-order valence-electron chi connectivity index (χ3n) is 4.97. The van der Waals surface area contributed by atoms with Crippen LogP contribution in [0.25, 0.3) is 11.0 Å². The number of benzene rings is 1. The highest BCUT2D eigenvalue weighted by molar-refractivity contribution is 7.89. The summed E-state index contributed by atoms with van der Waals surface area (Å²) >= 11 is 0. The van der Waals surface area contributed by atoms with Gasteiger partial charge in [0.2, 0.25) is 21.9 Å². The molecule has 4 aromatic rings. The van der Waals surface area contributed by atoms with Crippen molar-refractivity contribution in [1.29, 1.82) is 0 Å². The fraction of sp³-hybridized carbons (Fsp3) is 0.318. The lowest BCUT2D eigenvalue weighted by Gasteiger charge is -2.11. The van der Waals surface area contributed by atoms with E-state index in [1.54, 1.807) is 30.0 Å². The predicted molar refractivity (Wildman–Crippen MR) is 125 cm³/mol. The minimum Gasteiger partial charge on any atom is -0.477 e. The molecule has 0 saturated heterocycles. The van der Waals surface area contributed by atoms with Gasteiger partial charge in [-0.15, -0.1) is 0 Å². The molecule has 33 heavy (non-hydrogen) atoms. The van der Waals surface area contributed by atoms with Gasteiger partial charge in [-0.2, -0.15) is 15.1 Å². The van der Waals surface area contributed by atoms with Gasteiger partial charge in [-0.3, -0.25) is 4.68 Å². The normalized spacial score (nSPS) is 11.7. The van der Waals surface area contributed by atoms with Gasteiger partial charge in [0.15, 0.2) is 5.65 Å². The molecule has 0 amide bonds. The van der Waals surface area contributed by atoms with E-state index in [-0.39, 0.29) is 17.3 Å². The van der Waals surface area contributed by atoms with E-state index >= 15 is 0 Å². The van der Waals surface area contributed by atoms with E-state index in [1.807, 2.05) is 38.2 Å². The lowest BCUT2D eigenvalue weighted by molar-refractivity contribution is 0.183. The van der Waals surface area contributed by atoms with Crippen LogP contribution >= 0.6 is 0 Å². The highest BCUT2D eigenvalue weighted by Crippen LogP contribution is 2.28. The zero-order chi connectivity index (χ0) is 23.4. The molecule has 0 fully saturated rings. The number of nitrogens with zero attached hydrogens (tertiary/aromatic N) is 5. The zero-order valence-electron chi connectivity index (χ0n) is 18.7. The largest absolute Gasteiger partial charge is 0.477 e. The Morgan fingerprint density at radius 2 is 1.91 bits per heavy atom. The molecular weight excluding hydrogens is 444 g/mol. The zero-order valence-corrected chi connectivity index (χ0v) is 19.5. The van der Waals surface area contributed by atoms with Gasteiger partial charge in [0.1, 0.15) is 0 Å². The fourth-order valence-electron chi connectivity index (χ4n) is 3.41. The molecule has 1 N–H and O–H groups in total. The molecule has 0 atom stereocenters. The minimum atomic E-state index is -3.72. The molecule has 11 heteroatoms. The van der Waals surface area contributed by atoms with Gasteiger partial charge in [0.25, 0.3) is 0 Å². The number of rotatable bonds is 10. The highest BCUT2D eigenvalue weighted by atomic mass is 32.2. The number of hydrogen-bond donors (Lipinski definition) is 1. The van der Waals surface area contributed by atoms with Crippen LogP contribution in [0.15, 0.2) is 48.8 Å². The summed E-state index contributed by atoms with van der Waals surface area (Å²) in [6, 6.07) is 10.7. The first-order valence-electron chi connectivity index (χ1n) is 10.5. The van der Waals surface area contributed by atoms with E-state index in [0.29, 0.717) is 42.3 Å². The molecule has 3 aromatic heterocycles. The van der Waals surface area contributed by atoms with Crippen molar-refractivity contribution in [1.82, 2.24) is 23.7 Å². The second-order valence-corrected chi connectivity index (χ2v) is 9.23. The highest BCUT2D eigenvalue weighted by Gasteiger charge is 2.21. The van der Waals surface area contributed by atoms with Gasteiger partial charge in [-0.25, -0.2) is 12.4 Å². The molecule has 0 aliphatic heterocycles. The summed E-state index contributed by atoms with van der Waals surface area (Å²) in [5.74, 6) is 0.373. The Hall–Kier alpha value is -3.44. The van der Waals surface area contributed by atoms with Crippen molar-refractivity contribution in [2.24, 2.45) is 0 Å². The van der Waals surface area contributed by atoms with Crippen LogP contribution in [0.2, 0.25) is 0 Å². The maximum atomic E-state index is 13.2. The van der Waals surface area contributed by atoms with E-state index < -0.39 is 10.0 Å². The second-order valence-electron chi connectivity index (χ2n) is 7.39. The maximum Gasteiger partial charge on any atom is 0.244 e. The third-order valence-corrected chi connectivity index (χ3v) is 6.56. The Labute approximate surface area is 192 Å². The number of aryl methyl sites for hydroxylation is 1. The SMILES string of the molecule is CCOc1nc(Nc2cn(CCOC)nc2C)nc2c1ccn2S(=O)(=O)Cc1ccccc1. The first kappa shape index (κ1) is 22.7. The Balaban J connectivity index is 1.72. The van der Waals surface area contributed by atoms with E-state index in [1.165, 1.54) is 10.2 Å². The molecule has 3 heterocycles. The summed E-state index contributed by atoms with van der Waals surface area (Å²) in [5.41, 5.74) is 2.39. The molecular formula is C22H26N6O4S. The van der Waals surface area contributed by atoms with E-state index in [2.05, 4.69) is 20.4 Å². The van der Waals surface area contributed by atoms with E-state index in [9.17, 15) is 8.42 Å². The molecule has 0 saturated carbocycles. The smallest absolute Gasteiger partial charge is 0.244 e. The van der Waals surface area contributed by atoms with Gasteiger partial charge < -0.3 is 14.8 Å². The molecule has 0 spiro atoms. The Morgan fingerprint density at radius 3 is 2.64 bits per heavy atom. The summed E-state index contributed by atoms with van der Waals surface area (Å²) < 4.78 is 40.1. The molecule has 174 valence electrons. The van der Waals surface area contributed by atoms with Crippen molar-refractivity contribution >= 4 is 32.7 Å². The van der Waals surface area contributed by atoms with Crippen molar-refractivity contribution < 1.29 is 17.9 Å². The van der Waals surface area contributed by atoms with Crippen LogP contribution in [0.4, 0.5) is 11.6 Å². The number of ether oxygens (including phenoxy) is 2. The molecule has 4 rings (SSSR count). The number of aromatic nitrogens is 5. The summed E-state index contributed by atoms with van der Waals surface area (Å²) in [6.45, 7) is 5.21. The number of methoxy groups -OCH3 is 1. The first-order valence-corrected chi connectivity index (χ1v) is 12.1. The molecule has 0 aliphatic carbocycles. The average molecular weight is 471 g/mol. The Kier molecular flexibility index (Phi) is 6.61. The third kappa shape index (κ3) is 4.99. The lowest BCUT2D eigenvalue weighted by atomic mass is 10.2. The molecule has 0 aliphatic rings. The van der Waals surface area contributed by atoms with E-state index in [4.69, 9.17) is 9.47 Å². The molecule has 0 radical (unpaired) electrons. The van der Waals surface area contributed by atoms with Crippen molar-refractivity contribution in [3.8, 4) is 5.88 Å². The minimum absolute atomic E-state index is 0.153. The van der Waals surface area contributed by atoms with Gasteiger partial charge >= 0.3 is 0 Å². The second kappa shape index (κ2) is 9.59. The molecule has 0 bridgehead atoms. The lowest BCUT2D eigenvalue weighted by Crippen LogP contribution is -2.15. The Bertz CT molecular complexity index is 1350. The van der Waals surface area contributed by atoms with Crippen LogP contribution in [0.3, 0.4) is 0 Å². The molecule has 0 unspecified atom stereocenters. The number of nitrogens with one attached hydrogen (secondary N) is 1. The van der Waals surface area contributed by atoms with Crippen molar-refractivity contribution in [2.45, 2.75) is 26.1 Å².